The van der Waals surface area contributed by atoms with Crippen molar-refractivity contribution in [2.45, 2.75) is 0 Å². The molecule has 3 nitrogen and oxygen atoms in total. The van der Waals surface area contributed by atoms with Gasteiger partial charge in [-0.3, -0.25) is 3.93 Å². The predicted octanol–water partition coefficient (Wildman–Crippen LogP) is 1.04. The Kier molecular flexibility index (Phi) is 1.75. The van der Waals surface area contributed by atoms with Crippen LogP contribution in [0.5, 0.6) is 0 Å². The van der Waals surface area contributed by atoms with Gasteiger partial charge in [-0.05, 0) is 0 Å². The molecule has 1 rings (SSSR count). The molecule has 0 aromatic rings. The van der Waals surface area contributed by atoms with E-state index in [-0.39, 0.29) is 0 Å². The SMILES string of the molecule is N#CC1=CN(Br)C=CN1. The van der Waals surface area contributed by atoms with Crippen molar-refractivity contribution in [3.63, 3.8) is 0 Å². The van der Waals surface area contributed by atoms with Crippen molar-refractivity contribution in [2.24, 2.45) is 0 Å². The molecule has 1 heterocycles. The summed E-state index contributed by atoms with van der Waals surface area (Å²) in [6.07, 6.45) is 5.06. The first-order valence-electron chi connectivity index (χ1n) is 2.32. The van der Waals surface area contributed by atoms with Crippen molar-refractivity contribution in [3.8, 4) is 6.07 Å². The summed E-state index contributed by atoms with van der Waals surface area (Å²) in [7, 11) is 0. The Balaban J connectivity index is 2.69. The summed E-state index contributed by atoms with van der Waals surface area (Å²) in [6.45, 7) is 0. The zero-order valence-corrected chi connectivity index (χ0v) is 6.09. The number of hydrogen-bond acceptors (Lipinski definition) is 3. The molecule has 0 fully saturated rings. The van der Waals surface area contributed by atoms with Gasteiger partial charge in [-0.25, -0.2) is 0 Å². The third-order valence-electron chi connectivity index (χ3n) is 0.829. The number of allylic oxidation sites excluding steroid dienone is 1. The van der Waals surface area contributed by atoms with Crippen LogP contribution in [0, 0.1) is 11.3 Å². The van der Waals surface area contributed by atoms with Crippen molar-refractivity contribution in [3.05, 3.63) is 24.3 Å². The van der Waals surface area contributed by atoms with E-state index in [9.17, 15) is 0 Å². The molecule has 1 aliphatic rings. The summed E-state index contributed by atoms with van der Waals surface area (Å²) >= 11 is 3.15. The Morgan fingerprint density at radius 1 is 1.78 bits per heavy atom. The minimum Gasteiger partial charge on any atom is -0.350 e. The standard InChI is InChI=1S/C5H4BrN3/c6-9-2-1-8-5(3-7)4-9/h1-2,4,8H. The molecular formula is C5H4BrN3. The second-order valence-electron chi connectivity index (χ2n) is 1.46. The maximum atomic E-state index is 8.35. The molecule has 4 heteroatoms. The van der Waals surface area contributed by atoms with Crippen LogP contribution >= 0.6 is 16.1 Å². The van der Waals surface area contributed by atoms with Crippen LogP contribution in [0.25, 0.3) is 0 Å². The molecule has 9 heavy (non-hydrogen) atoms. The topological polar surface area (TPSA) is 39.1 Å². The normalized spacial score (nSPS) is 16.0. The zero-order chi connectivity index (χ0) is 6.69. The van der Waals surface area contributed by atoms with Gasteiger partial charge in [-0.2, -0.15) is 5.26 Å². The average Bonchev–Trinajstić information content (AvgIpc) is 1.88. The third kappa shape index (κ3) is 1.47. The lowest BCUT2D eigenvalue weighted by atomic mass is 10.5. The van der Waals surface area contributed by atoms with Crippen LogP contribution in [0.2, 0.25) is 0 Å². The van der Waals surface area contributed by atoms with E-state index in [1.54, 1.807) is 22.5 Å². The number of halogens is 1. The number of nitrogens with zero attached hydrogens (tertiary/aromatic N) is 2. The van der Waals surface area contributed by atoms with E-state index in [4.69, 9.17) is 5.26 Å². The summed E-state index contributed by atoms with van der Waals surface area (Å²) in [5.74, 6) is 0. The van der Waals surface area contributed by atoms with E-state index in [0.29, 0.717) is 5.70 Å². The van der Waals surface area contributed by atoms with Gasteiger partial charge in [0.05, 0.1) is 22.3 Å². The monoisotopic (exact) mass is 185 g/mol. The Bertz CT molecular complexity index is 201. The Labute approximate surface area is 61.6 Å². The molecule has 0 aliphatic carbocycles. The second-order valence-corrected chi connectivity index (χ2v) is 2.28. The van der Waals surface area contributed by atoms with Crippen LogP contribution in [-0.2, 0) is 0 Å². The Hall–Kier alpha value is -0.950. The second kappa shape index (κ2) is 2.55. The number of rotatable bonds is 0. The summed E-state index contributed by atoms with van der Waals surface area (Å²) in [5, 5.41) is 11.1. The first kappa shape index (κ1) is 6.17. The summed E-state index contributed by atoms with van der Waals surface area (Å²) in [4.78, 5) is 0. The van der Waals surface area contributed by atoms with Gasteiger partial charge in [0.15, 0.2) is 0 Å². The molecule has 0 saturated heterocycles. The molecule has 1 aliphatic heterocycles. The summed E-state index contributed by atoms with van der Waals surface area (Å²) in [5.41, 5.74) is 0.523. The van der Waals surface area contributed by atoms with Gasteiger partial charge in [-0.15, -0.1) is 0 Å². The molecule has 0 bridgehead atoms. The van der Waals surface area contributed by atoms with Gasteiger partial charge < -0.3 is 5.32 Å². The lowest BCUT2D eigenvalue weighted by molar-refractivity contribution is 0.814. The highest BCUT2D eigenvalue weighted by molar-refractivity contribution is 9.07. The van der Waals surface area contributed by atoms with Crippen LogP contribution in [-0.4, -0.2) is 3.93 Å². The van der Waals surface area contributed by atoms with E-state index < -0.39 is 0 Å². The Morgan fingerprint density at radius 2 is 2.56 bits per heavy atom. The van der Waals surface area contributed by atoms with Crippen molar-refractivity contribution in [2.75, 3.05) is 0 Å². The van der Waals surface area contributed by atoms with Crippen LogP contribution in [0.15, 0.2) is 24.3 Å². The summed E-state index contributed by atoms with van der Waals surface area (Å²) in [6, 6.07) is 1.96. The maximum absolute atomic E-state index is 8.35. The summed E-state index contributed by atoms with van der Waals surface area (Å²) < 4.78 is 1.63. The van der Waals surface area contributed by atoms with Gasteiger partial charge in [0.25, 0.3) is 0 Å². The average molecular weight is 186 g/mol. The molecule has 0 radical (unpaired) electrons. The van der Waals surface area contributed by atoms with Gasteiger partial charge in [-0.1, -0.05) is 0 Å². The fourth-order valence-corrected chi connectivity index (χ4v) is 0.786. The first-order chi connectivity index (χ1) is 4.33. The zero-order valence-electron chi connectivity index (χ0n) is 4.50. The molecular weight excluding hydrogens is 182 g/mol. The number of hydrogen-bond donors (Lipinski definition) is 1. The smallest absolute Gasteiger partial charge is 0.134 e. The van der Waals surface area contributed by atoms with Crippen LogP contribution in [0.1, 0.15) is 0 Å². The van der Waals surface area contributed by atoms with E-state index >= 15 is 0 Å². The van der Waals surface area contributed by atoms with Crippen molar-refractivity contribution < 1.29 is 0 Å². The Morgan fingerprint density at radius 3 is 3.00 bits per heavy atom. The van der Waals surface area contributed by atoms with Crippen molar-refractivity contribution in [1.82, 2.24) is 9.24 Å². The van der Waals surface area contributed by atoms with Crippen molar-refractivity contribution >= 4 is 16.1 Å². The van der Waals surface area contributed by atoms with Crippen LogP contribution < -0.4 is 5.32 Å². The lowest BCUT2D eigenvalue weighted by Crippen LogP contribution is -2.11. The highest BCUT2D eigenvalue weighted by Crippen LogP contribution is 2.05. The fraction of sp³-hybridized carbons (Fsp3) is 0. The van der Waals surface area contributed by atoms with Crippen LogP contribution in [0.4, 0.5) is 0 Å². The fourth-order valence-electron chi connectivity index (χ4n) is 0.463. The highest BCUT2D eigenvalue weighted by atomic mass is 79.9. The molecule has 0 aromatic heterocycles. The van der Waals surface area contributed by atoms with E-state index in [2.05, 4.69) is 21.5 Å². The number of nitriles is 1. The molecule has 0 amide bonds. The molecule has 0 atom stereocenters. The van der Waals surface area contributed by atoms with Gasteiger partial charge in [0, 0.05) is 12.4 Å². The molecule has 0 unspecified atom stereocenters. The lowest BCUT2D eigenvalue weighted by Gasteiger charge is -2.10. The minimum atomic E-state index is 0.523. The van der Waals surface area contributed by atoms with E-state index in [0.717, 1.165) is 0 Å². The third-order valence-corrected chi connectivity index (χ3v) is 1.27. The molecule has 46 valence electrons. The van der Waals surface area contributed by atoms with Gasteiger partial charge in [0.1, 0.15) is 11.8 Å². The van der Waals surface area contributed by atoms with Crippen LogP contribution in [0.3, 0.4) is 0 Å². The van der Waals surface area contributed by atoms with Crippen molar-refractivity contribution in [1.29, 1.82) is 5.26 Å². The molecule has 0 saturated carbocycles. The van der Waals surface area contributed by atoms with Gasteiger partial charge >= 0.3 is 0 Å². The minimum absolute atomic E-state index is 0.523. The largest absolute Gasteiger partial charge is 0.350 e. The quantitative estimate of drug-likeness (QED) is 0.574. The van der Waals surface area contributed by atoms with E-state index in [1.807, 2.05) is 6.07 Å². The molecule has 1 N–H and O–H groups in total. The highest BCUT2D eigenvalue weighted by Gasteiger charge is 1.98. The predicted molar refractivity (Wildman–Crippen MR) is 36.7 cm³/mol. The first-order valence-corrected chi connectivity index (χ1v) is 3.03. The molecule has 0 aromatic carbocycles. The maximum Gasteiger partial charge on any atom is 0.134 e. The van der Waals surface area contributed by atoms with E-state index in [1.165, 1.54) is 0 Å². The molecule has 0 spiro atoms. The van der Waals surface area contributed by atoms with Gasteiger partial charge in [0.2, 0.25) is 0 Å². The number of nitrogens with one attached hydrogen (secondary N) is 1.